The van der Waals surface area contributed by atoms with Crippen LogP contribution in [0.1, 0.15) is 6.42 Å². The first-order chi connectivity index (χ1) is 4.72. The average molecular weight is 142 g/mol. The number of nitrogens with zero attached hydrogens (tertiary/aromatic N) is 1. The highest BCUT2D eigenvalue weighted by Gasteiger charge is 2.05. The highest BCUT2D eigenvalue weighted by atomic mass is 16.5. The molecule has 0 aliphatic heterocycles. The Labute approximate surface area is 59.4 Å². The van der Waals surface area contributed by atoms with Gasteiger partial charge in [-0.1, -0.05) is 0 Å². The van der Waals surface area contributed by atoms with Crippen molar-refractivity contribution in [2.24, 2.45) is 4.99 Å². The van der Waals surface area contributed by atoms with E-state index in [9.17, 15) is 4.79 Å². The molecule has 0 radical (unpaired) electrons. The zero-order chi connectivity index (χ0) is 7.98. The fourth-order valence-corrected chi connectivity index (χ4v) is 0.389. The Hall–Kier alpha value is -1.19. The minimum Gasteiger partial charge on any atom is -0.465 e. The number of nitrogens with one attached hydrogen (secondary N) is 1. The lowest BCUT2D eigenvalue weighted by atomic mass is 10.3. The van der Waals surface area contributed by atoms with Crippen LogP contribution in [-0.2, 0) is 9.53 Å². The number of aliphatic imine (C=N–C) groups is 1. The van der Waals surface area contributed by atoms with E-state index in [1.807, 2.05) is 0 Å². The molecule has 10 heavy (non-hydrogen) atoms. The highest BCUT2D eigenvalue weighted by Crippen LogP contribution is 1.83. The maximum atomic E-state index is 10.5. The smallest absolute Gasteiger partial charge is 0.352 e. The Bertz CT molecular complexity index is 163. The average Bonchev–Trinajstić information content (AvgIpc) is 1.98. The van der Waals surface area contributed by atoms with Gasteiger partial charge in [-0.2, -0.15) is 0 Å². The predicted molar refractivity (Wildman–Crippen MR) is 38.8 cm³/mol. The summed E-state index contributed by atoms with van der Waals surface area (Å²) in [5.74, 6) is -0.597. The van der Waals surface area contributed by atoms with Gasteiger partial charge in [0, 0.05) is 19.7 Å². The zero-order valence-electron chi connectivity index (χ0n) is 6.05. The normalized spacial score (nSPS) is 9.80. The van der Waals surface area contributed by atoms with Gasteiger partial charge in [0.15, 0.2) is 0 Å². The number of carbonyl (C=O) groups is 1. The van der Waals surface area contributed by atoms with Crippen molar-refractivity contribution in [3.05, 3.63) is 0 Å². The fourth-order valence-electron chi connectivity index (χ4n) is 0.389. The van der Waals surface area contributed by atoms with Crippen molar-refractivity contribution in [1.82, 2.24) is 0 Å². The molecule has 0 saturated heterocycles. The number of ether oxygens (including phenoxy) is 1. The molecule has 0 saturated carbocycles. The van der Waals surface area contributed by atoms with Gasteiger partial charge in [0.1, 0.15) is 5.71 Å². The van der Waals surface area contributed by atoms with Gasteiger partial charge in [0.05, 0.1) is 7.11 Å². The van der Waals surface area contributed by atoms with Crippen molar-refractivity contribution in [3.8, 4) is 0 Å². The first-order valence-electron chi connectivity index (χ1n) is 2.78. The number of hydrogen-bond donors (Lipinski definition) is 1. The van der Waals surface area contributed by atoms with Crippen molar-refractivity contribution < 1.29 is 9.53 Å². The summed E-state index contributed by atoms with van der Waals surface area (Å²) in [5.41, 5.74) is -0.0758. The Morgan fingerprint density at radius 1 is 1.80 bits per heavy atom. The minimum atomic E-state index is -0.597. The molecular weight excluding hydrogens is 132 g/mol. The summed E-state index contributed by atoms with van der Waals surface area (Å²) in [6.45, 7) is 0. The molecule has 0 atom stereocenters. The molecule has 0 rings (SSSR count). The molecule has 0 amide bonds. The monoisotopic (exact) mass is 142 g/mol. The van der Waals surface area contributed by atoms with Crippen LogP contribution in [0.15, 0.2) is 4.99 Å². The lowest BCUT2D eigenvalue weighted by Gasteiger charge is -1.95. The number of carbonyl (C=O) groups excluding carboxylic acids is 1. The quantitative estimate of drug-likeness (QED) is 0.454. The third-order valence-electron chi connectivity index (χ3n) is 0.910. The second-order valence-electron chi connectivity index (χ2n) is 1.62. The van der Waals surface area contributed by atoms with E-state index in [0.717, 1.165) is 0 Å². The molecule has 4 heteroatoms. The molecule has 0 aliphatic rings. The van der Waals surface area contributed by atoms with Gasteiger partial charge in [0.25, 0.3) is 0 Å². The van der Waals surface area contributed by atoms with Crippen LogP contribution in [0.4, 0.5) is 0 Å². The van der Waals surface area contributed by atoms with Gasteiger partial charge < -0.3 is 9.73 Å². The highest BCUT2D eigenvalue weighted by molar-refractivity contribution is 6.37. The molecule has 0 spiro atoms. The van der Waals surface area contributed by atoms with Crippen molar-refractivity contribution in [1.29, 1.82) is 5.41 Å². The van der Waals surface area contributed by atoms with Crippen LogP contribution in [0.5, 0.6) is 0 Å². The van der Waals surface area contributed by atoms with E-state index < -0.39 is 5.97 Å². The molecule has 0 unspecified atom stereocenters. The van der Waals surface area contributed by atoms with E-state index in [1.54, 1.807) is 7.05 Å². The van der Waals surface area contributed by atoms with Gasteiger partial charge in [-0.05, 0) is 0 Å². The van der Waals surface area contributed by atoms with Crippen molar-refractivity contribution in [2.45, 2.75) is 6.42 Å². The van der Waals surface area contributed by atoms with Crippen LogP contribution < -0.4 is 0 Å². The van der Waals surface area contributed by atoms with Crippen LogP contribution in [0.25, 0.3) is 0 Å². The van der Waals surface area contributed by atoms with E-state index in [2.05, 4.69) is 9.73 Å². The Balaban J connectivity index is 3.74. The van der Waals surface area contributed by atoms with Gasteiger partial charge in [-0.25, -0.2) is 4.79 Å². The topological polar surface area (TPSA) is 62.5 Å². The fraction of sp³-hybridized carbons (Fsp3) is 0.500. The van der Waals surface area contributed by atoms with Crippen molar-refractivity contribution in [2.75, 3.05) is 14.2 Å². The SMILES string of the molecule is CN=CCC(=N)C(=O)OC. The van der Waals surface area contributed by atoms with E-state index in [4.69, 9.17) is 5.41 Å². The molecular formula is C6H10N2O2. The second kappa shape index (κ2) is 4.67. The molecule has 0 heterocycles. The maximum absolute atomic E-state index is 10.5. The van der Waals surface area contributed by atoms with Crippen LogP contribution >= 0.6 is 0 Å². The third kappa shape index (κ3) is 2.96. The Morgan fingerprint density at radius 2 is 2.40 bits per heavy atom. The molecule has 0 aromatic rings. The molecule has 0 fully saturated rings. The van der Waals surface area contributed by atoms with Crippen LogP contribution in [0, 0.1) is 5.41 Å². The lowest BCUT2D eigenvalue weighted by Crippen LogP contribution is -2.14. The van der Waals surface area contributed by atoms with E-state index >= 15 is 0 Å². The predicted octanol–water partition coefficient (Wildman–Crippen LogP) is 0.270. The van der Waals surface area contributed by atoms with Crippen molar-refractivity contribution >= 4 is 17.9 Å². The van der Waals surface area contributed by atoms with Crippen LogP contribution in [0.2, 0.25) is 0 Å². The van der Waals surface area contributed by atoms with Crippen LogP contribution in [0.3, 0.4) is 0 Å². The first kappa shape index (κ1) is 8.81. The third-order valence-corrected chi connectivity index (χ3v) is 0.910. The zero-order valence-corrected chi connectivity index (χ0v) is 6.05. The van der Waals surface area contributed by atoms with E-state index in [0.29, 0.717) is 0 Å². The Kier molecular flexibility index (Phi) is 4.11. The summed E-state index contributed by atoms with van der Waals surface area (Å²) in [7, 11) is 2.84. The Morgan fingerprint density at radius 3 is 2.80 bits per heavy atom. The second-order valence-corrected chi connectivity index (χ2v) is 1.62. The molecule has 0 aromatic carbocycles. The van der Waals surface area contributed by atoms with Crippen molar-refractivity contribution in [3.63, 3.8) is 0 Å². The summed E-state index contributed by atoms with van der Waals surface area (Å²) in [6.07, 6.45) is 1.72. The minimum absolute atomic E-state index is 0.0758. The number of methoxy groups -OCH3 is 1. The number of hydrogen-bond acceptors (Lipinski definition) is 4. The summed E-state index contributed by atoms with van der Waals surface area (Å²) in [5, 5.41) is 7.03. The summed E-state index contributed by atoms with van der Waals surface area (Å²) >= 11 is 0. The van der Waals surface area contributed by atoms with Crippen LogP contribution in [-0.4, -0.2) is 32.1 Å². The van der Waals surface area contributed by atoms with E-state index in [-0.39, 0.29) is 12.1 Å². The summed E-state index contributed by atoms with van der Waals surface area (Å²) < 4.78 is 4.28. The number of rotatable bonds is 3. The van der Waals surface area contributed by atoms with Gasteiger partial charge in [-0.15, -0.1) is 0 Å². The van der Waals surface area contributed by atoms with Gasteiger partial charge in [-0.3, -0.25) is 5.41 Å². The summed E-state index contributed by atoms with van der Waals surface area (Å²) in [6, 6.07) is 0. The van der Waals surface area contributed by atoms with Gasteiger partial charge in [0.2, 0.25) is 0 Å². The molecule has 0 bridgehead atoms. The molecule has 0 aromatic heterocycles. The first-order valence-corrected chi connectivity index (χ1v) is 2.78. The standard InChI is InChI=1S/C6H10N2O2/c1-8-4-3-5(7)6(9)10-2/h4,7H,3H2,1-2H3. The number of esters is 1. The van der Waals surface area contributed by atoms with E-state index in [1.165, 1.54) is 13.3 Å². The molecule has 56 valence electrons. The summed E-state index contributed by atoms with van der Waals surface area (Å²) in [4.78, 5) is 14.1. The molecule has 4 nitrogen and oxygen atoms in total. The molecule has 1 N–H and O–H groups in total. The maximum Gasteiger partial charge on any atom is 0.352 e. The van der Waals surface area contributed by atoms with Gasteiger partial charge >= 0.3 is 5.97 Å². The molecule has 0 aliphatic carbocycles. The largest absolute Gasteiger partial charge is 0.465 e. The lowest BCUT2D eigenvalue weighted by molar-refractivity contribution is -0.132.